The molecular weight excluding hydrogens is 354 g/mol. The fourth-order valence-corrected chi connectivity index (χ4v) is 4.50. The van der Waals surface area contributed by atoms with Gasteiger partial charge in [-0.3, -0.25) is 0 Å². The van der Waals surface area contributed by atoms with Crippen molar-refractivity contribution in [2.75, 3.05) is 17.2 Å². The number of nitrogens with zero attached hydrogens (tertiary/aromatic N) is 2. The summed E-state index contributed by atoms with van der Waals surface area (Å²) >= 11 is 1.79. The van der Waals surface area contributed by atoms with Crippen molar-refractivity contribution in [1.82, 2.24) is 4.98 Å². The standard InChI is InChI=1S/C22H23N3OS/c23-18-4-3-16-9-10-25(14-17(16)12-18)22-24-13-21(27-22)11-15-1-5-19(6-2-15)26-20-7-8-20/h1-6,12-13,20H,7-11,14,23H2. The molecule has 2 heterocycles. The maximum absolute atomic E-state index is 5.96. The van der Waals surface area contributed by atoms with E-state index in [4.69, 9.17) is 10.5 Å². The minimum absolute atomic E-state index is 0.449. The van der Waals surface area contributed by atoms with Gasteiger partial charge < -0.3 is 15.4 Å². The van der Waals surface area contributed by atoms with E-state index >= 15 is 0 Å². The average Bonchev–Trinajstić information content (AvgIpc) is 3.38. The third kappa shape index (κ3) is 3.78. The van der Waals surface area contributed by atoms with Gasteiger partial charge in [0.05, 0.1) is 6.10 Å². The number of thiazole rings is 1. The summed E-state index contributed by atoms with van der Waals surface area (Å²) in [6, 6.07) is 14.8. The quantitative estimate of drug-likeness (QED) is 0.669. The molecular formula is C22H23N3OS. The fraction of sp³-hybridized carbons (Fsp3) is 0.318. The number of anilines is 2. The van der Waals surface area contributed by atoms with Gasteiger partial charge in [0, 0.05) is 36.3 Å². The van der Waals surface area contributed by atoms with Crippen LogP contribution in [0.15, 0.2) is 48.7 Å². The van der Waals surface area contributed by atoms with Gasteiger partial charge in [0.15, 0.2) is 5.13 Å². The van der Waals surface area contributed by atoms with Gasteiger partial charge >= 0.3 is 0 Å². The lowest BCUT2D eigenvalue weighted by Crippen LogP contribution is -2.30. The Hall–Kier alpha value is -2.53. The van der Waals surface area contributed by atoms with Crippen molar-refractivity contribution in [3.05, 3.63) is 70.2 Å². The summed E-state index contributed by atoms with van der Waals surface area (Å²) in [5.41, 5.74) is 10.8. The molecule has 2 aliphatic rings. The summed E-state index contributed by atoms with van der Waals surface area (Å²) in [5.74, 6) is 0.984. The molecule has 1 saturated carbocycles. The van der Waals surface area contributed by atoms with Crippen molar-refractivity contribution in [1.29, 1.82) is 0 Å². The average molecular weight is 378 g/mol. The molecule has 1 fully saturated rings. The van der Waals surface area contributed by atoms with Gasteiger partial charge in [0.2, 0.25) is 0 Å². The van der Waals surface area contributed by atoms with Crippen LogP contribution in [0.5, 0.6) is 5.75 Å². The van der Waals surface area contributed by atoms with Crippen molar-refractivity contribution in [3.63, 3.8) is 0 Å². The summed E-state index contributed by atoms with van der Waals surface area (Å²) in [6.07, 6.45) is 6.82. The van der Waals surface area contributed by atoms with Gasteiger partial charge in [-0.1, -0.05) is 18.2 Å². The topological polar surface area (TPSA) is 51.4 Å². The maximum atomic E-state index is 5.96. The van der Waals surface area contributed by atoms with Gasteiger partial charge in [0.1, 0.15) is 5.75 Å². The predicted octanol–water partition coefficient (Wildman–Crippen LogP) is 4.42. The minimum Gasteiger partial charge on any atom is -0.490 e. The first-order valence-corrected chi connectivity index (χ1v) is 10.4. The van der Waals surface area contributed by atoms with Crippen molar-refractivity contribution in [2.45, 2.75) is 38.3 Å². The van der Waals surface area contributed by atoms with E-state index in [1.54, 1.807) is 11.3 Å². The first-order chi connectivity index (χ1) is 13.2. The molecule has 0 amide bonds. The zero-order chi connectivity index (χ0) is 18.2. The third-order valence-electron chi connectivity index (χ3n) is 5.18. The predicted molar refractivity (Wildman–Crippen MR) is 111 cm³/mol. The van der Waals surface area contributed by atoms with E-state index in [9.17, 15) is 0 Å². The highest BCUT2D eigenvalue weighted by atomic mass is 32.1. The van der Waals surface area contributed by atoms with E-state index < -0.39 is 0 Å². The van der Waals surface area contributed by atoms with E-state index in [1.165, 1.54) is 34.4 Å². The molecule has 1 aromatic heterocycles. The molecule has 2 N–H and O–H groups in total. The second kappa shape index (κ2) is 6.89. The van der Waals surface area contributed by atoms with Crippen molar-refractivity contribution in [2.24, 2.45) is 0 Å². The molecule has 1 aliphatic heterocycles. The van der Waals surface area contributed by atoms with Crippen LogP contribution in [0.2, 0.25) is 0 Å². The Morgan fingerprint density at radius 1 is 1.11 bits per heavy atom. The monoisotopic (exact) mass is 377 g/mol. The molecule has 1 aliphatic carbocycles. The van der Waals surface area contributed by atoms with Crippen molar-refractivity contribution < 1.29 is 4.74 Å². The lowest BCUT2D eigenvalue weighted by atomic mass is 9.99. The van der Waals surface area contributed by atoms with Crippen LogP contribution >= 0.6 is 11.3 Å². The van der Waals surface area contributed by atoms with E-state index in [1.807, 2.05) is 12.3 Å². The van der Waals surface area contributed by atoms with Crippen LogP contribution in [0, 0.1) is 0 Å². The molecule has 0 atom stereocenters. The lowest BCUT2D eigenvalue weighted by Gasteiger charge is -2.28. The van der Waals surface area contributed by atoms with Crippen LogP contribution in [0.25, 0.3) is 0 Å². The summed E-state index contributed by atoms with van der Waals surface area (Å²) in [5, 5.41) is 1.10. The van der Waals surface area contributed by atoms with E-state index in [2.05, 4.69) is 46.3 Å². The highest BCUT2D eigenvalue weighted by Crippen LogP contribution is 2.31. The molecule has 0 bridgehead atoms. The Labute approximate surface area is 163 Å². The SMILES string of the molecule is Nc1ccc2c(c1)CN(c1ncc(Cc3ccc(OC4CC4)cc3)s1)CC2. The van der Waals surface area contributed by atoms with Gasteiger partial charge in [-0.25, -0.2) is 4.98 Å². The molecule has 0 spiro atoms. The van der Waals surface area contributed by atoms with Crippen LogP contribution in [0.1, 0.15) is 34.4 Å². The maximum Gasteiger partial charge on any atom is 0.185 e. The number of rotatable bonds is 5. The normalized spacial score (nSPS) is 16.2. The van der Waals surface area contributed by atoms with E-state index in [-0.39, 0.29) is 0 Å². The number of hydrogen-bond acceptors (Lipinski definition) is 5. The Kier molecular flexibility index (Phi) is 4.24. The Morgan fingerprint density at radius 3 is 2.78 bits per heavy atom. The summed E-state index contributed by atoms with van der Waals surface area (Å²) < 4.78 is 5.83. The molecule has 0 unspecified atom stereocenters. The number of hydrogen-bond donors (Lipinski definition) is 1. The summed E-state index contributed by atoms with van der Waals surface area (Å²) in [7, 11) is 0. The molecule has 0 radical (unpaired) electrons. The van der Waals surface area contributed by atoms with Gasteiger partial charge in [-0.05, 0) is 60.2 Å². The Bertz CT molecular complexity index is 946. The summed E-state index contributed by atoms with van der Waals surface area (Å²) in [4.78, 5) is 8.34. The fourth-order valence-electron chi connectivity index (χ4n) is 3.53. The zero-order valence-electron chi connectivity index (χ0n) is 15.2. The van der Waals surface area contributed by atoms with Crippen molar-refractivity contribution >= 4 is 22.2 Å². The molecule has 5 heteroatoms. The van der Waals surface area contributed by atoms with Crippen molar-refractivity contribution in [3.8, 4) is 5.75 Å². The summed E-state index contributed by atoms with van der Waals surface area (Å²) in [6.45, 7) is 1.90. The second-order valence-electron chi connectivity index (χ2n) is 7.45. The third-order valence-corrected chi connectivity index (χ3v) is 6.24. The molecule has 27 heavy (non-hydrogen) atoms. The zero-order valence-corrected chi connectivity index (χ0v) is 16.0. The van der Waals surface area contributed by atoms with Crippen LogP contribution in [0.4, 0.5) is 10.8 Å². The largest absolute Gasteiger partial charge is 0.490 e. The molecule has 0 saturated heterocycles. The lowest BCUT2D eigenvalue weighted by molar-refractivity contribution is 0.303. The number of benzene rings is 2. The molecule has 3 aromatic rings. The van der Waals surface area contributed by atoms with Crippen LogP contribution < -0.4 is 15.4 Å². The highest BCUT2D eigenvalue weighted by Gasteiger charge is 2.23. The van der Waals surface area contributed by atoms with Crippen LogP contribution in [0.3, 0.4) is 0 Å². The number of ether oxygens (including phenoxy) is 1. The van der Waals surface area contributed by atoms with E-state index in [0.29, 0.717) is 6.10 Å². The first kappa shape index (κ1) is 16.6. The van der Waals surface area contributed by atoms with Gasteiger partial charge in [-0.2, -0.15) is 0 Å². The van der Waals surface area contributed by atoms with Crippen LogP contribution in [-0.2, 0) is 19.4 Å². The van der Waals surface area contributed by atoms with Gasteiger partial charge in [0.25, 0.3) is 0 Å². The number of aromatic nitrogens is 1. The van der Waals surface area contributed by atoms with Gasteiger partial charge in [-0.15, -0.1) is 11.3 Å². The molecule has 2 aromatic carbocycles. The Morgan fingerprint density at radius 2 is 1.96 bits per heavy atom. The number of nitrogens with two attached hydrogens (primary N) is 1. The first-order valence-electron chi connectivity index (χ1n) is 9.55. The minimum atomic E-state index is 0.449. The second-order valence-corrected chi connectivity index (χ2v) is 8.54. The van der Waals surface area contributed by atoms with Crippen LogP contribution in [-0.4, -0.2) is 17.6 Å². The van der Waals surface area contributed by atoms with E-state index in [0.717, 1.165) is 42.5 Å². The number of fused-ring (bicyclic) bond motifs is 1. The number of nitrogen functional groups attached to an aromatic ring is 1. The molecule has 5 rings (SSSR count). The Balaban J connectivity index is 1.26. The molecule has 138 valence electrons. The molecule has 4 nitrogen and oxygen atoms in total. The highest BCUT2D eigenvalue weighted by molar-refractivity contribution is 7.15. The smallest absolute Gasteiger partial charge is 0.185 e.